The molecule has 31 heavy (non-hydrogen) atoms. The second-order valence-corrected chi connectivity index (χ2v) is 11.8. The number of rotatable bonds is 3. The van der Waals surface area contributed by atoms with Crippen LogP contribution in [0.3, 0.4) is 0 Å². The van der Waals surface area contributed by atoms with Crippen molar-refractivity contribution in [2.24, 2.45) is 7.05 Å². The summed E-state index contributed by atoms with van der Waals surface area (Å²) >= 11 is 0. The molecule has 0 spiro atoms. The summed E-state index contributed by atoms with van der Waals surface area (Å²) in [5.41, 5.74) is 5.70. The first-order valence-corrected chi connectivity index (χ1v) is 12.9. The van der Waals surface area contributed by atoms with Crippen LogP contribution in [-0.2, 0) is 7.05 Å². The highest BCUT2D eigenvalue weighted by molar-refractivity contribution is 8.28. The SMILES string of the molecule is Cc1cc2nnccc2cc1Nc1ncc2c(n1)c(C1CCCS(C)(O)CC1)nn2C. The third kappa shape index (κ3) is 3.95. The van der Waals surface area contributed by atoms with Gasteiger partial charge in [0.05, 0.1) is 23.6 Å². The highest BCUT2D eigenvalue weighted by atomic mass is 32.3. The van der Waals surface area contributed by atoms with Crippen molar-refractivity contribution in [2.75, 3.05) is 23.1 Å². The summed E-state index contributed by atoms with van der Waals surface area (Å²) in [5.74, 6) is 2.65. The smallest absolute Gasteiger partial charge is 0.227 e. The zero-order valence-corrected chi connectivity index (χ0v) is 18.9. The Morgan fingerprint density at radius 2 is 2.10 bits per heavy atom. The van der Waals surface area contributed by atoms with E-state index < -0.39 is 10.3 Å². The molecule has 0 bridgehead atoms. The summed E-state index contributed by atoms with van der Waals surface area (Å²) in [4.78, 5) is 9.40. The van der Waals surface area contributed by atoms with E-state index in [9.17, 15) is 4.55 Å². The number of nitrogens with zero attached hydrogens (tertiary/aromatic N) is 6. The second kappa shape index (κ2) is 7.72. The van der Waals surface area contributed by atoms with Crippen LogP contribution < -0.4 is 5.32 Å². The maximum atomic E-state index is 10.6. The number of benzene rings is 1. The van der Waals surface area contributed by atoms with E-state index in [-0.39, 0.29) is 0 Å². The van der Waals surface area contributed by atoms with Crippen LogP contribution in [0.25, 0.3) is 21.9 Å². The van der Waals surface area contributed by atoms with Gasteiger partial charge in [0.15, 0.2) is 0 Å². The first-order valence-electron chi connectivity index (χ1n) is 10.5. The molecule has 1 aliphatic heterocycles. The Morgan fingerprint density at radius 3 is 2.97 bits per heavy atom. The fourth-order valence-corrected chi connectivity index (χ4v) is 6.13. The van der Waals surface area contributed by atoms with Crippen LogP contribution >= 0.6 is 10.3 Å². The molecule has 5 rings (SSSR count). The second-order valence-electron chi connectivity index (χ2n) is 8.58. The van der Waals surface area contributed by atoms with E-state index in [1.54, 1.807) is 6.20 Å². The van der Waals surface area contributed by atoms with Gasteiger partial charge >= 0.3 is 0 Å². The molecular formula is C22H27N7OS. The molecular weight excluding hydrogens is 410 g/mol. The van der Waals surface area contributed by atoms with Gasteiger partial charge in [-0.05, 0) is 67.7 Å². The lowest BCUT2D eigenvalue weighted by Gasteiger charge is -2.26. The van der Waals surface area contributed by atoms with Crippen molar-refractivity contribution in [3.63, 3.8) is 0 Å². The van der Waals surface area contributed by atoms with E-state index in [1.165, 1.54) is 0 Å². The Morgan fingerprint density at radius 1 is 1.23 bits per heavy atom. The number of hydrogen-bond donors (Lipinski definition) is 2. The van der Waals surface area contributed by atoms with Crippen LogP contribution in [0.1, 0.15) is 36.4 Å². The van der Waals surface area contributed by atoms with E-state index in [4.69, 9.17) is 10.1 Å². The minimum atomic E-state index is -1.47. The molecule has 9 heteroatoms. The number of aromatic nitrogens is 6. The maximum absolute atomic E-state index is 10.6. The van der Waals surface area contributed by atoms with Crippen molar-refractivity contribution in [1.82, 2.24) is 29.9 Å². The van der Waals surface area contributed by atoms with Crippen molar-refractivity contribution < 1.29 is 4.55 Å². The molecule has 1 fully saturated rings. The molecule has 4 heterocycles. The molecule has 0 saturated carbocycles. The molecule has 8 nitrogen and oxygen atoms in total. The van der Waals surface area contributed by atoms with Gasteiger partial charge < -0.3 is 9.87 Å². The molecule has 0 amide bonds. The minimum absolute atomic E-state index is 0.314. The highest BCUT2D eigenvalue weighted by Crippen LogP contribution is 2.47. The molecule has 2 atom stereocenters. The molecule has 2 N–H and O–H groups in total. The fourth-order valence-electron chi connectivity index (χ4n) is 4.35. The van der Waals surface area contributed by atoms with Crippen molar-refractivity contribution >= 4 is 43.9 Å². The van der Waals surface area contributed by atoms with Crippen LogP contribution in [0.15, 0.2) is 30.6 Å². The van der Waals surface area contributed by atoms with E-state index in [1.807, 2.05) is 49.3 Å². The topological polar surface area (TPSA) is 102 Å². The molecule has 0 aliphatic carbocycles. The first-order chi connectivity index (χ1) is 14.9. The molecule has 1 aliphatic rings. The number of aryl methyl sites for hydroxylation is 2. The van der Waals surface area contributed by atoms with Gasteiger partial charge in [0.1, 0.15) is 11.0 Å². The van der Waals surface area contributed by atoms with Crippen LogP contribution in [0.2, 0.25) is 0 Å². The Hall–Kier alpha value is -2.78. The molecule has 4 aromatic rings. The minimum Gasteiger partial charge on any atom is -0.352 e. The van der Waals surface area contributed by atoms with Crippen LogP contribution in [0, 0.1) is 6.92 Å². The summed E-state index contributed by atoms with van der Waals surface area (Å²) in [6, 6.07) is 6.00. The summed E-state index contributed by atoms with van der Waals surface area (Å²) < 4.78 is 12.4. The third-order valence-corrected chi connectivity index (χ3v) is 8.44. The van der Waals surface area contributed by atoms with E-state index in [0.29, 0.717) is 11.9 Å². The van der Waals surface area contributed by atoms with Crippen molar-refractivity contribution in [1.29, 1.82) is 0 Å². The lowest BCUT2D eigenvalue weighted by atomic mass is 9.96. The standard InChI is InChI=1S/C22H27N7OS/c1-14-11-18-16(6-8-24-27-18)12-17(14)25-22-23-13-19-21(26-22)20(28-29(19)2)15-5-4-9-31(3,30)10-7-15/h6,8,11-13,15,30H,4-5,7,9-10H2,1-3H3,(H,23,25,26). The normalized spacial score (nSPS) is 24.1. The van der Waals surface area contributed by atoms with Crippen LogP contribution in [0.5, 0.6) is 0 Å². The molecule has 162 valence electrons. The molecule has 1 saturated heterocycles. The molecule has 0 radical (unpaired) electrons. The predicted octanol–water partition coefficient (Wildman–Crippen LogP) is 4.53. The van der Waals surface area contributed by atoms with Gasteiger partial charge in [0.25, 0.3) is 0 Å². The average Bonchev–Trinajstić information content (AvgIpc) is 2.95. The Bertz CT molecular complexity index is 1270. The van der Waals surface area contributed by atoms with Gasteiger partial charge in [-0.15, -0.1) is 10.3 Å². The quantitative estimate of drug-likeness (QED) is 0.485. The molecule has 2 unspecified atom stereocenters. The van der Waals surface area contributed by atoms with E-state index in [0.717, 1.165) is 69.6 Å². The number of nitrogens with one attached hydrogen (secondary N) is 1. The van der Waals surface area contributed by atoms with Gasteiger partial charge in [-0.3, -0.25) is 4.68 Å². The Labute approximate surface area is 182 Å². The monoisotopic (exact) mass is 437 g/mol. The van der Waals surface area contributed by atoms with Gasteiger partial charge in [0.2, 0.25) is 5.95 Å². The predicted molar refractivity (Wildman–Crippen MR) is 126 cm³/mol. The Balaban J connectivity index is 1.50. The summed E-state index contributed by atoms with van der Waals surface area (Å²) in [5, 5.41) is 17.3. The van der Waals surface area contributed by atoms with Gasteiger partial charge in [0, 0.05) is 24.0 Å². The third-order valence-electron chi connectivity index (χ3n) is 6.15. The largest absolute Gasteiger partial charge is 0.352 e. The van der Waals surface area contributed by atoms with Crippen molar-refractivity contribution in [3.05, 3.63) is 41.9 Å². The Kier molecular flexibility index (Phi) is 5.02. The van der Waals surface area contributed by atoms with Gasteiger partial charge in [-0.25, -0.2) is 9.97 Å². The summed E-state index contributed by atoms with van der Waals surface area (Å²) in [7, 11) is 0.472. The zero-order valence-electron chi connectivity index (χ0n) is 18.0. The molecule has 3 aromatic heterocycles. The zero-order chi connectivity index (χ0) is 21.6. The van der Waals surface area contributed by atoms with Crippen LogP contribution in [-0.4, -0.2) is 52.3 Å². The van der Waals surface area contributed by atoms with Crippen molar-refractivity contribution in [3.8, 4) is 0 Å². The lowest BCUT2D eigenvalue weighted by molar-refractivity contribution is 0.585. The number of hydrogen-bond acceptors (Lipinski definition) is 7. The summed E-state index contributed by atoms with van der Waals surface area (Å²) in [6.45, 7) is 2.03. The van der Waals surface area contributed by atoms with Gasteiger partial charge in [-0.1, -0.05) is 0 Å². The summed E-state index contributed by atoms with van der Waals surface area (Å²) in [6.07, 6.45) is 8.56. The maximum Gasteiger partial charge on any atom is 0.227 e. The van der Waals surface area contributed by atoms with E-state index in [2.05, 4.69) is 20.5 Å². The van der Waals surface area contributed by atoms with Gasteiger partial charge in [-0.2, -0.15) is 15.3 Å². The average molecular weight is 438 g/mol. The lowest BCUT2D eigenvalue weighted by Crippen LogP contribution is -2.06. The number of anilines is 2. The number of fused-ring (bicyclic) bond motifs is 2. The van der Waals surface area contributed by atoms with Crippen LogP contribution in [0.4, 0.5) is 11.6 Å². The van der Waals surface area contributed by atoms with E-state index >= 15 is 0 Å². The molecule has 1 aromatic carbocycles. The first kappa shape index (κ1) is 20.1. The highest BCUT2D eigenvalue weighted by Gasteiger charge is 2.27. The van der Waals surface area contributed by atoms with Crippen molar-refractivity contribution in [2.45, 2.75) is 32.1 Å². The fraction of sp³-hybridized carbons (Fsp3) is 0.409.